The maximum absolute atomic E-state index is 6.30. The number of benzene rings is 2. The second kappa shape index (κ2) is 10.2. The highest BCUT2D eigenvalue weighted by molar-refractivity contribution is 6.74. The van der Waals surface area contributed by atoms with Crippen LogP contribution in [0.4, 0.5) is 0 Å². The average molecular weight is 400 g/mol. The molecular formula is C24H37NO2Si. The van der Waals surface area contributed by atoms with E-state index in [-0.39, 0.29) is 11.1 Å². The Morgan fingerprint density at radius 2 is 1.61 bits per heavy atom. The molecule has 0 fully saturated rings. The Morgan fingerprint density at radius 3 is 2.18 bits per heavy atom. The van der Waals surface area contributed by atoms with Crippen LogP contribution in [0.2, 0.25) is 18.1 Å². The zero-order valence-electron chi connectivity index (χ0n) is 18.4. The summed E-state index contributed by atoms with van der Waals surface area (Å²) >= 11 is 0. The van der Waals surface area contributed by atoms with E-state index < -0.39 is 8.32 Å². The molecule has 0 saturated heterocycles. The van der Waals surface area contributed by atoms with E-state index in [9.17, 15) is 0 Å². The van der Waals surface area contributed by atoms with E-state index in [4.69, 9.17) is 9.16 Å². The van der Waals surface area contributed by atoms with Crippen LogP contribution in [-0.2, 0) is 10.8 Å². The lowest BCUT2D eigenvalue weighted by molar-refractivity contribution is 0.195. The van der Waals surface area contributed by atoms with Gasteiger partial charge in [0.25, 0.3) is 0 Å². The van der Waals surface area contributed by atoms with Gasteiger partial charge >= 0.3 is 0 Å². The summed E-state index contributed by atoms with van der Waals surface area (Å²) in [5, 5.41) is 3.47. The molecule has 0 bridgehead atoms. The summed E-state index contributed by atoms with van der Waals surface area (Å²) in [7, 11) is 0.302. The molecule has 0 aliphatic carbocycles. The fourth-order valence-electron chi connectivity index (χ4n) is 2.78. The first-order valence-corrected chi connectivity index (χ1v) is 13.2. The van der Waals surface area contributed by atoms with E-state index in [1.807, 2.05) is 13.1 Å². The van der Waals surface area contributed by atoms with Crippen molar-refractivity contribution >= 4 is 8.32 Å². The highest BCUT2D eigenvalue weighted by Crippen LogP contribution is 2.36. The van der Waals surface area contributed by atoms with Gasteiger partial charge in [-0.1, -0.05) is 63.2 Å². The standard InChI is InChI=1S/C24H37NO2Si/c1-24(2,3)28(5,6)26-19-17-20-12-14-22(15-13-20)27-23(16-18-25-4)21-10-8-7-9-11-21/h7-15,23,25H,16-19H2,1-6H3. The molecule has 28 heavy (non-hydrogen) atoms. The van der Waals surface area contributed by atoms with E-state index in [1.165, 1.54) is 11.1 Å². The first kappa shape index (κ1) is 22.7. The smallest absolute Gasteiger partial charge is 0.191 e. The molecule has 0 saturated carbocycles. The van der Waals surface area contributed by atoms with Crippen LogP contribution >= 0.6 is 0 Å². The lowest BCUT2D eigenvalue weighted by Crippen LogP contribution is -2.41. The van der Waals surface area contributed by atoms with Crippen molar-refractivity contribution in [1.29, 1.82) is 0 Å². The van der Waals surface area contributed by atoms with Crippen LogP contribution in [0.5, 0.6) is 5.75 Å². The van der Waals surface area contributed by atoms with Crippen LogP contribution in [0.3, 0.4) is 0 Å². The minimum atomic E-state index is -1.67. The van der Waals surface area contributed by atoms with Crippen molar-refractivity contribution in [2.24, 2.45) is 0 Å². The number of nitrogens with one attached hydrogen (secondary N) is 1. The van der Waals surface area contributed by atoms with Crippen LogP contribution in [0, 0.1) is 0 Å². The SMILES string of the molecule is CNCCC(Oc1ccc(CCO[Si](C)(C)C(C)(C)C)cc1)c1ccccc1. The number of ether oxygens (including phenoxy) is 1. The fraction of sp³-hybridized carbons (Fsp3) is 0.500. The second-order valence-electron chi connectivity index (χ2n) is 8.91. The first-order chi connectivity index (χ1) is 13.2. The molecule has 0 heterocycles. The third-order valence-corrected chi connectivity index (χ3v) is 10.2. The first-order valence-electron chi connectivity index (χ1n) is 10.3. The lowest BCUT2D eigenvalue weighted by Gasteiger charge is -2.36. The van der Waals surface area contributed by atoms with Crippen LogP contribution in [0.25, 0.3) is 0 Å². The molecule has 4 heteroatoms. The van der Waals surface area contributed by atoms with E-state index in [1.54, 1.807) is 0 Å². The molecular weight excluding hydrogens is 362 g/mol. The number of hydrogen-bond donors (Lipinski definition) is 1. The van der Waals surface area contributed by atoms with E-state index in [2.05, 4.69) is 87.7 Å². The molecule has 0 aliphatic heterocycles. The molecule has 0 amide bonds. The predicted molar refractivity (Wildman–Crippen MR) is 122 cm³/mol. The van der Waals surface area contributed by atoms with Crippen molar-refractivity contribution in [3.05, 3.63) is 65.7 Å². The molecule has 1 N–H and O–H groups in total. The summed E-state index contributed by atoms with van der Waals surface area (Å²) in [6.07, 6.45) is 1.93. The summed E-state index contributed by atoms with van der Waals surface area (Å²) in [5.41, 5.74) is 2.50. The van der Waals surface area contributed by atoms with E-state index >= 15 is 0 Å². The molecule has 0 aliphatic rings. The van der Waals surface area contributed by atoms with Crippen LogP contribution < -0.4 is 10.1 Å². The molecule has 3 nitrogen and oxygen atoms in total. The van der Waals surface area contributed by atoms with Gasteiger partial charge in [0.15, 0.2) is 8.32 Å². The summed E-state index contributed by atoms with van der Waals surface area (Å²) in [6, 6.07) is 18.9. The number of rotatable bonds is 10. The molecule has 2 rings (SSSR count). The van der Waals surface area contributed by atoms with E-state index in [0.717, 1.165) is 31.7 Å². The maximum Gasteiger partial charge on any atom is 0.191 e. The quantitative estimate of drug-likeness (QED) is 0.498. The summed E-state index contributed by atoms with van der Waals surface area (Å²) in [5.74, 6) is 0.916. The van der Waals surface area contributed by atoms with Gasteiger partial charge in [-0.15, -0.1) is 0 Å². The molecule has 1 unspecified atom stereocenters. The average Bonchev–Trinajstić information content (AvgIpc) is 2.66. The second-order valence-corrected chi connectivity index (χ2v) is 13.7. The van der Waals surface area contributed by atoms with Gasteiger partial charge in [-0.3, -0.25) is 0 Å². The Morgan fingerprint density at radius 1 is 0.964 bits per heavy atom. The normalized spacial score (nSPS) is 13.4. The maximum atomic E-state index is 6.30. The van der Waals surface area contributed by atoms with Gasteiger partial charge in [0.2, 0.25) is 0 Å². The molecule has 0 radical (unpaired) electrons. The molecule has 2 aromatic carbocycles. The number of hydrogen-bond acceptors (Lipinski definition) is 3. The van der Waals surface area contributed by atoms with Crippen LogP contribution in [-0.4, -0.2) is 28.5 Å². The minimum Gasteiger partial charge on any atom is -0.486 e. The molecule has 154 valence electrons. The largest absolute Gasteiger partial charge is 0.486 e. The van der Waals surface area contributed by atoms with Crippen LogP contribution in [0.1, 0.15) is 44.4 Å². The summed E-state index contributed by atoms with van der Waals surface area (Å²) in [6.45, 7) is 13.2. The van der Waals surface area contributed by atoms with Crippen molar-refractivity contribution in [2.75, 3.05) is 20.2 Å². The van der Waals surface area contributed by atoms with Crippen LogP contribution in [0.15, 0.2) is 54.6 Å². The zero-order chi connectivity index (χ0) is 20.6. The Labute approximate surface area is 172 Å². The van der Waals surface area contributed by atoms with Crippen molar-refractivity contribution in [3.8, 4) is 5.75 Å². The van der Waals surface area contributed by atoms with Gasteiger partial charge in [0, 0.05) is 13.0 Å². The Bertz CT molecular complexity index is 693. The topological polar surface area (TPSA) is 30.5 Å². The van der Waals surface area contributed by atoms with Gasteiger partial charge in [-0.05, 0) is 61.4 Å². The molecule has 2 aromatic rings. The van der Waals surface area contributed by atoms with Gasteiger partial charge in [-0.2, -0.15) is 0 Å². The third-order valence-electron chi connectivity index (χ3n) is 5.69. The van der Waals surface area contributed by atoms with Crippen molar-refractivity contribution in [3.63, 3.8) is 0 Å². The van der Waals surface area contributed by atoms with Crippen molar-refractivity contribution in [2.45, 2.75) is 57.8 Å². The third kappa shape index (κ3) is 6.76. The van der Waals surface area contributed by atoms with Crippen molar-refractivity contribution < 1.29 is 9.16 Å². The monoisotopic (exact) mass is 399 g/mol. The van der Waals surface area contributed by atoms with Gasteiger partial charge in [0.1, 0.15) is 11.9 Å². The highest BCUT2D eigenvalue weighted by Gasteiger charge is 2.36. The Kier molecular flexibility index (Phi) is 8.29. The van der Waals surface area contributed by atoms with Gasteiger partial charge < -0.3 is 14.5 Å². The molecule has 1 atom stereocenters. The van der Waals surface area contributed by atoms with E-state index in [0.29, 0.717) is 0 Å². The molecule has 0 aromatic heterocycles. The molecule has 0 spiro atoms. The predicted octanol–water partition coefficient (Wildman–Crippen LogP) is 5.98. The summed E-state index contributed by atoms with van der Waals surface area (Å²) in [4.78, 5) is 0. The minimum absolute atomic E-state index is 0.0569. The highest BCUT2D eigenvalue weighted by atomic mass is 28.4. The van der Waals surface area contributed by atoms with Gasteiger partial charge in [0.05, 0.1) is 0 Å². The van der Waals surface area contributed by atoms with Crippen molar-refractivity contribution in [1.82, 2.24) is 5.32 Å². The zero-order valence-corrected chi connectivity index (χ0v) is 19.4. The Hall–Kier alpha value is -1.62. The fourth-order valence-corrected chi connectivity index (χ4v) is 3.82. The van der Waals surface area contributed by atoms with Gasteiger partial charge in [-0.25, -0.2) is 0 Å². The Balaban J connectivity index is 1.93. The lowest BCUT2D eigenvalue weighted by atomic mass is 10.1. The summed E-state index contributed by atoms with van der Waals surface area (Å²) < 4.78 is 12.6.